The summed E-state index contributed by atoms with van der Waals surface area (Å²) in [7, 11) is 0. The number of nitrogens with zero attached hydrogens (tertiary/aromatic N) is 4. The number of hydrogen-bond acceptors (Lipinski definition) is 4. The van der Waals surface area contributed by atoms with Gasteiger partial charge in [0.2, 0.25) is 0 Å². The molecule has 3 heterocycles. The van der Waals surface area contributed by atoms with Crippen LogP contribution in [0.3, 0.4) is 0 Å². The Bertz CT molecular complexity index is 907. The molecule has 1 atom stereocenters. The Morgan fingerprint density at radius 3 is 2.56 bits per heavy atom. The summed E-state index contributed by atoms with van der Waals surface area (Å²) in [6, 6.07) is 14.5. The monoisotopic (exact) mass is 358 g/mol. The number of benzene rings is 1. The number of rotatable bonds is 4. The van der Waals surface area contributed by atoms with Crippen molar-refractivity contribution in [2.45, 2.75) is 32.2 Å². The highest BCUT2D eigenvalue weighted by atomic mass is 16.2. The van der Waals surface area contributed by atoms with E-state index in [0.29, 0.717) is 5.69 Å². The molecule has 136 valence electrons. The molecule has 1 saturated heterocycles. The fourth-order valence-corrected chi connectivity index (χ4v) is 3.54. The predicted octanol–water partition coefficient (Wildman–Crippen LogP) is 3.75. The molecule has 0 N–H and O–H groups in total. The van der Waals surface area contributed by atoms with E-state index in [2.05, 4.69) is 39.2 Å². The fraction of sp³-hybridized carbons (Fsp3) is 0.273. The molecule has 2 aromatic heterocycles. The Balaban J connectivity index is 1.50. The summed E-state index contributed by atoms with van der Waals surface area (Å²) in [4.78, 5) is 27.8. The molecule has 0 unspecified atom stereocenters. The first kappa shape index (κ1) is 17.3. The smallest absolute Gasteiger partial charge is 0.274 e. The van der Waals surface area contributed by atoms with Gasteiger partial charge in [-0.2, -0.15) is 0 Å². The quantitative estimate of drug-likeness (QED) is 0.713. The third-order valence-corrected chi connectivity index (χ3v) is 4.95. The van der Waals surface area contributed by atoms with E-state index in [1.54, 1.807) is 12.4 Å². The van der Waals surface area contributed by atoms with Gasteiger partial charge in [-0.05, 0) is 43.4 Å². The summed E-state index contributed by atoms with van der Waals surface area (Å²) < 4.78 is 0. The second kappa shape index (κ2) is 7.66. The van der Waals surface area contributed by atoms with Gasteiger partial charge in [-0.15, -0.1) is 0 Å². The minimum absolute atomic E-state index is 0.00591. The number of hydrogen-bond donors (Lipinski definition) is 0. The highest BCUT2D eigenvalue weighted by Gasteiger charge is 2.32. The van der Waals surface area contributed by atoms with E-state index < -0.39 is 0 Å². The lowest BCUT2D eigenvalue weighted by atomic mass is 10.0. The Labute approximate surface area is 159 Å². The molecule has 5 nitrogen and oxygen atoms in total. The maximum absolute atomic E-state index is 12.8. The van der Waals surface area contributed by atoms with E-state index in [4.69, 9.17) is 0 Å². The van der Waals surface area contributed by atoms with Crippen molar-refractivity contribution in [2.75, 3.05) is 6.54 Å². The Hall–Kier alpha value is -3.08. The summed E-state index contributed by atoms with van der Waals surface area (Å²) in [5.74, 6) is -0.0693. The van der Waals surface area contributed by atoms with Crippen LogP contribution in [0.4, 0.5) is 0 Å². The van der Waals surface area contributed by atoms with E-state index in [-0.39, 0.29) is 11.9 Å². The molecule has 5 heteroatoms. The van der Waals surface area contributed by atoms with E-state index >= 15 is 0 Å². The Morgan fingerprint density at radius 2 is 1.85 bits per heavy atom. The standard InChI is InChI=1S/C22H22N4O/c1-16-13-24-20(15-23-16)22(27)26-11-5-8-21(26)19-10-9-18(14-25-19)12-17-6-3-2-4-7-17/h2-4,6-7,9-10,13-15,21H,5,8,11-12H2,1H3/t21-/m1/s1. The summed E-state index contributed by atoms with van der Waals surface area (Å²) in [6.45, 7) is 2.59. The maximum atomic E-state index is 12.8. The van der Waals surface area contributed by atoms with Gasteiger partial charge in [0, 0.05) is 18.9 Å². The molecule has 0 radical (unpaired) electrons. The predicted molar refractivity (Wildman–Crippen MR) is 103 cm³/mol. The van der Waals surface area contributed by atoms with Crippen LogP contribution in [0.2, 0.25) is 0 Å². The van der Waals surface area contributed by atoms with Crippen LogP contribution in [0.15, 0.2) is 61.1 Å². The van der Waals surface area contributed by atoms with Crippen molar-refractivity contribution in [3.8, 4) is 0 Å². The normalized spacial score (nSPS) is 16.5. The summed E-state index contributed by atoms with van der Waals surface area (Å²) >= 11 is 0. The van der Waals surface area contributed by atoms with Gasteiger partial charge in [0.25, 0.3) is 5.91 Å². The Kier molecular flexibility index (Phi) is 4.92. The van der Waals surface area contributed by atoms with Crippen molar-refractivity contribution in [1.82, 2.24) is 19.9 Å². The third kappa shape index (κ3) is 3.87. The average molecular weight is 358 g/mol. The molecule has 4 rings (SSSR count). The van der Waals surface area contributed by atoms with Gasteiger partial charge in [0.15, 0.2) is 0 Å². The molecule has 1 aliphatic heterocycles. The molecule has 27 heavy (non-hydrogen) atoms. The Morgan fingerprint density at radius 1 is 1.00 bits per heavy atom. The molecule has 0 bridgehead atoms. The highest BCUT2D eigenvalue weighted by Crippen LogP contribution is 2.32. The van der Waals surface area contributed by atoms with Crippen LogP contribution in [0.1, 0.15) is 51.9 Å². The van der Waals surface area contributed by atoms with Crippen molar-refractivity contribution < 1.29 is 4.79 Å². The maximum Gasteiger partial charge on any atom is 0.274 e. The van der Waals surface area contributed by atoms with E-state index in [0.717, 1.165) is 37.2 Å². The molecule has 3 aromatic rings. The van der Waals surface area contributed by atoms with Gasteiger partial charge >= 0.3 is 0 Å². The lowest BCUT2D eigenvalue weighted by Crippen LogP contribution is -2.31. The number of aromatic nitrogens is 3. The second-order valence-corrected chi connectivity index (χ2v) is 6.95. The number of pyridine rings is 1. The van der Waals surface area contributed by atoms with Gasteiger partial charge in [-0.3, -0.25) is 14.8 Å². The van der Waals surface area contributed by atoms with Crippen LogP contribution in [0.25, 0.3) is 0 Å². The van der Waals surface area contributed by atoms with Gasteiger partial charge in [-0.25, -0.2) is 4.98 Å². The number of aryl methyl sites for hydroxylation is 1. The van der Waals surface area contributed by atoms with Crippen LogP contribution in [-0.4, -0.2) is 32.3 Å². The number of carbonyl (C=O) groups excluding carboxylic acids is 1. The summed E-state index contributed by atoms with van der Waals surface area (Å²) in [6.07, 6.45) is 7.88. The van der Waals surface area contributed by atoms with Crippen molar-refractivity contribution in [3.63, 3.8) is 0 Å². The summed E-state index contributed by atoms with van der Waals surface area (Å²) in [5, 5.41) is 0. The summed E-state index contributed by atoms with van der Waals surface area (Å²) in [5.41, 5.74) is 4.58. The van der Waals surface area contributed by atoms with Crippen molar-refractivity contribution >= 4 is 5.91 Å². The molecule has 0 saturated carbocycles. The molecule has 1 aliphatic rings. The van der Waals surface area contributed by atoms with Gasteiger partial charge in [0.05, 0.1) is 23.6 Å². The first-order chi connectivity index (χ1) is 13.2. The van der Waals surface area contributed by atoms with Crippen LogP contribution in [-0.2, 0) is 6.42 Å². The zero-order valence-electron chi connectivity index (χ0n) is 15.4. The number of carbonyl (C=O) groups is 1. The van der Waals surface area contributed by atoms with E-state index in [9.17, 15) is 4.79 Å². The van der Waals surface area contributed by atoms with Crippen LogP contribution >= 0.6 is 0 Å². The van der Waals surface area contributed by atoms with E-state index in [1.165, 1.54) is 11.1 Å². The van der Waals surface area contributed by atoms with Gasteiger partial charge < -0.3 is 4.90 Å². The zero-order chi connectivity index (χ0) is 18.6. The largest absolute Gasteiger partial charge is 0.329 e. The lowest BCUT2D eigenvalue weighted by Gasteiger charge is -2.24. The van der Waals surface area contributed by atoms with Crippen molar-refractivity contribution in [3.05, 3.63) is 89.3 Å². The molecule has 1 aromatic carbocycles. The SMILES string of the molecule is Cc1cnc(C(=O)N2CCC[C@@H]2c2ccc(Cc3ccccc3)cn2)cn1. The fourth-order valence-electron chi connectivity index (χ4n) is 3.54. The number of likely N-dealkylation sites (tertiary alicyclic amines) is 1. The van der Waals surface area contributed by atoms with Crippen LogP contribution in [0.5, 0.6) is 0 Å². The molecule has 1 amide bonds. The molecule has 1 fully saturated rings. The second-order valence-electron chi connectivity index (χ2n) is 6.95. The average Bonchev–Trinajstić information content (AvgIpc) is 3.19. The first-order valence-electron chi connectivity index (χ1n) is 9.29. The highest BCUT2D eigenvalue weighted by molar-refractivity contribution is 5.92. The molecular formula is C22H22N4O. The van der Waals surface area contributed by atoms with Crippen molar-refractivity contribution in [1.29, 1.82) is 0 Å². The van der Waals surface area contributed by atoms with Crippen molar-refractivity contribution in [2.24, 2.45) is 0 Å². The minimum Gasteiger partial charge on any atom is -0.329 e. The van der Waals surface area contributed by atoms with Crippen LogP contribution < -0.4 is 0 Å². The molecule has 0 spiro atoms. The molecular weight excluding hydrogens is 336 g/mol. The zero-order valence-corrected chi connectivity index (χ0v) is 15.4. The van der Waals surface area contributed by atoms with Gasteiger partial charge in [0.1, 0.15) is 5.69 Å². The minimum atomic E-state index is -0.0693. The topological polar surface area (TPSA) is 59.0 Å². The first-order valence-corrected chi connectivity index (χ1v) is 9.29. The van der Waals surface area contributed by atoms with Gasteiger partial charge in [-0.1, -0.05) is 36.4 Å². The third-order valence-electron chi connectivity index (χ3n) is 4.95. The van der Waals surface area contributed by atoms with E-state index in [1.807, 2.05) is 36.2 Å². The number of amides is 1. The molecule has 0 aliphatic carbocycles. The van der Waals surface area contributed by atoms with Crippen LogP contribution in [0, 0.1) is 6.92 Å². The lowest BCUT2D eigenvalue weighted by molar-refractivity contribution is 0.0726.